The number of nitrogens with one attached hydrogen (secondary N) is 2. The molecular weight excluding hydrogens is 202 g/mol. The van der Waals surface area contributed by atoms with Gasteiger partial charge in [-0.25, -0.2) is 4.79 Å². The number of carbonyl (C=O) groups is 3. The molecule has 2 atom stereocenters. The zero-order valence-electron chi connectivity index (χ0n) is 8.03. The minimum absolute atomic E-state index is 0.242. The average molecular weight is 215 g/mol. The van der Waals surface area contributed by atoms with Crippen LogP contribution in [0.4, 0.5) is 4.79 Å². The molecule has 0 heterocycles. The van der Waals surface area contributed by atoms with Gasteiger partial charge in [0.25, 0.3) is 0 Å². The number of carboxylic acid groups (broad SMARTS) is 1. The second-order valence-corrected chi connectivity index (χ2v) is 3.37. The van der Waals surface area contributed by atoms with Gasteiger partial charge in [0.1, 0.15) is 0 Å². The van der Waals surface area contributed by atoms with Gasteiger partial charge >= 0.3 is 12.0 Å². The van der Waals surface area contributed by atoms with Gasteiger partial charge in [-0.05, 0) is 6.42 Å². The first-order valence-electron chi connectivity index (χ1n) is 4.56. The van der Waals surface area contributed by atoms with Crippen molar-refractivity contribution in [1.82, 2.24) is 10.6 Å². The lowest BCUT2D eigenvalue weighted by Crippen LogP contribution is -2.38. The average Bonchev–Trinajstić information content (AvgIpc) is 2.90. The Balaban J connectivity index is 2.10. The van der Waals surface area contributed by atoms with E-state index in [-0.39, 0.29) is 19.0 Å². The molecule has 2 unspecified atom stereocenters. The number of hydrogen-bond acceptors (Lipinski definition) is 3. The third-order valence-corrected chi connectivity index (χ3v) is 2.17. The Hall–Kier alpha value is -1.79. The highest BCUT2D eigenvalue weighted by Crippen LogP contribution is 2.38. The highest BCUT2D eigenvalue weighted by atomic mass is 16.4. The number of aliphatic carboxylic acids is 1. The normalized spacial score (nSPS) is 22.9. The van der Waals surface area contributed by atoms with Gasteiger partial charge in [-0.1, -0.05) is 0 Å². The summed E-state index contributed by atoms with van der Waals surface area (Å²) in [6.07, 6.45) is 0.393. The smallest absolute Gasteiger partial charge is 0.312 e. The minimum Gasteiger partial charge on any atom is -0.481 e. The maximum atomic E-state index is 11.2. The molecule has 84 valence electrons. The lowest BCUT2D eigenvalue weighted by atomic mass is 10.3. The Morgan fingerprint density at radius 3 is 2.27 bits per heavy atom. The Labute approximate surface area is 86.0 Å². The van der Waals surface area contributed by atoms with Crippen molar-refractivity contribution >= 4 is 17.9 Å². The number of nitrogens with two attached hydrogens (primary N) is 1. The second-order valence-electron chi connectivity index (χ2n) is 3.37. The first-order valence-corrected chi connectivity index (χ1v) is 4.56. The van der Waals surface area contributed by atoms with E-state index in [1.54, 1.807) is 0 Å². The molecule has 0 aromatic carbocycles. The maximum Gasteiger partial charge on any atom is 0.312 e. The lowest BCUT2D eigenvalue weighted by molar-refractivity contribution is -0.140. The number of primary amides is 1. The molecule has 0 spiro atoms. The number of rotatable bonds is 5. The molecule has 0 aromatic rings. The zero-order valence-corrected chi connectivity index (χ0v) is 8.03. The minimum atomic E-state index is -0.939. The lowest BCUT2D eigenvalue weighted by Gasteiger charge is -2.04. The fourth-order valence-electron chi connectivity index (χ4n) is 1.26. The van der Waals surface area contributed by atoms with Crippen LogP contribution >= 0.6 is 0 Å². The van der Waals surface area contributed by atoms with Crippen LogP contribution in [0.1, 0.15) is 6.42 Å². The molecule has 0 saturated heterocycles. The summed E-state index contributed by atoms with van der Waals surface area (Å²) >= 11 is 0. The monoisotopic (exact) mass is 215 g/mol. The molecular formula is C8H13N3O4. The van der Waals surface area contributed by atoms with Gasteiger partial charge in [0, 0.05) is 13.1 Å². The van der Waals surface area contributed by atoms with E-state index in [9.17, 15) is 14.4 Å². The Morgan fingerprint density at radius 1 is 1.20 bits per heavy atom. The van der Waals surface area contributed by atoms with Gasteiger partial charge < -0.3 is 21.5 Å². The summed E-state index contributed by atoms with van der Waals surface area (Å²) in [5, 5.41) is 13.4. The molecule has 0 radical (unpaired) electrons. The Kier molecular flexibility index (Phi) is 3.48. The highest BCUT2D eigenvalue weighted by Gasteiger charge is 2.48. The van der Waals surface area contributed by atoms with Gasteiger partial charge in [0.2, 0.25) is 5.91 Å². The molecule has 0 bridgehead atoms. The summed E-state index contributed by atoms with van der Waals surface area (Å²) in [6, 6.07) is -0.654. The molecule has 5 N–H and O–H groups in total. The van der Waals surface area contributed by atoms with E-state index in [4.69, 9.17) is 10.8 Å². The Bertz CT molecular complexity index is 292. The van der Waals surface area contributed by atoms with E-state index in [0.717, 1.165) is 0 Å². The van der Waals surface area contributed by atoms with Gasteiger partial charge in [0.15, 0.2) is 0 Å². The summed E-state index contributed by atoms with van der Waals surface area (Å²) in [5.74, 6) is -2.19. The van der Waals surface area contributed by atoms with Crippen molar-refractivity contribution in [2.75, 3.05) is 13.1 Å². The topological polar surface area (TPSA) is 122 Å². The van der Waals surface area contributed by atoms with Crippen LogP contribution < -0.4 is 16.4 Å². The summed E-state index contributed by atoms with van der Waals surface area (Å²) in [7, 11) is 0. The number of carboxylic acids is 1. The van der Waals surface area contributed by atoms with Crippen LogP contribution in [0.5, 0.6) is 0 Å². The quantitative estimate of drug-likeness (QED) is 0.416. The number of amides is 3. The van der Waals surface area contributed by atoms with Crippen LogP contribution in [0.2, 0.25) is 0 Å². The van der Waals surface area contributed by atoms with E-state index in [2.05, 4.69) is 10.6 Å². The molecule has 7 nitrogen and oxygen atoms in total. The summed E-state index contributed by atoms with van der Waals surface area (Å²) < 4.78 is 0. The highest BCUT2D eigenvalue weighted by molar-refractivity contribution is 5.89. The molecule has 3 amide bonds. The third kappa shape index (κ3) is 3.45. The van der Waals surface area contributed by atoms with Gasteiger partial charge in [-0.3, -0.25) is 9.59 Å². The number of carbonyl (C=O) groups excluding carboxylic acids is 2. The van der Waals surface area contributed by atoms with Gasteiger partial charge in [-0.2, -0.15) is 0 Å². The van der Waals surface area contributed by atoms with E-state index in [1.807, 2.05) is 0 Å². The number of urea groups is 1. The molecule has 1 aliphatic rings. The molecule has 15 heavy (non-hydrogen) atoms. The summed E-state index contributed by atoms with van der Waals surface area (Å²) in [5.41, 5.74) is 4.80. The van der Waals surface area contributed by atoms with Crippen molar-refractivity contribution in [3.63, 3.8) is 0 Å². The first-order chi connectivity index (χ1) is 7.02. The van der Waals surface area contributed by atoms with Gasteiger partial charge in [-0.15, -0.1) is 0 Å². The SMILES string of the molecule is NC(=O)NCCNC(=O)C1CC1C(=O)O. The van der Waals surface area contributed by atoms with Crippen LogP contribution in [0.25, 0.3) is 0 Å². The van der Waals surface area contributed by atoms with Crippen molar-refractivity contribution in [2.45, 2.75) is 6.42 Å². The molecule has 0 aromatic heterocycles. The second kappa shape index (κ2) is 4.63. The van der Waals surface area contributed by atoms with Crippen molar-refractivity contribution < 1.29 is 19.5 Å². The van der Waals surface area contributed by atoms with E-state index < -0.39 is 23.8 Å². The Morgan fingerprint density at radius 2 is 1.80 bits per heavy atom. The zero-order chi connectivity index (χ0) is 11.4. The maximum absolute atomic E-state index is 11.2. The van der Waals surface area contributed by atoms with Crippen LogP contribution in [-0.2, 0) is 9.59 Å². The molecule has 1 fully saturated rings. The largest absolute Gasteiger partial charge is 0.481 e. The van der Waals surface area contributed by atoms with Crippen molar-refractivity contribution in [2.24, 2.45) is 17.6 Å². The first kappa shape index (κ1) is 11.3. The van der Waals surface area contributed by atoms with Crippen LogP contribution in [0, 0.1) is 11.8 Å². The third-order valence-electron chi connectivity index (χ3n) is 2.17. The fourth-order valence-corrected chi connectivity index (χ4v) is 1.26. The van der Waals surface area contributed by atoms with E-state index >= 15 is 0 Å². The standard InChI is InChI=1S/C8H13N3O4/c9-8(15)11-2-1-10-6(12)4-3-5(4)7(13)14/h4-5H,1-3H2,(H,10,12)(H,13,14)(H3,9,11,15). The summed E-state index contributed by atoms with van der Waals surface area (Å²) in [6.45, 7) is 0.496. The molecule has 1 rings (SSSR count). The molecule has 1 aliphatic carbocycles. The van der Waals surface area contributed by atoms with E-state index in [1.165, 1.54) is 0 Å². The van der Waals surface area contributed by atoms with E-state index in [0.29, 0.717) is 6.42 Å². The van der Waals surface area contributed by atoms with Crippen molar-refractivity contribution in [3.05, 3.63) is 0 Å². The van der Waals surface area contributed by atoms with Crippen LogP contribution in [-0.4, -0.2) is 36.1 Å². The molecule has 0 aliphatic heterocycles. The predicted molar refractivity (Wildman–Crippen MR) is 49.8 cm³/mol. The number of hydrogen-bond donors (Lipinski definition) is 4. The predicted octanol–water partition coefficient (Wildman–Crippen LogP) is -1.51. The van der Waals surface area contributed by atoms with Gasteiger partial charge in [0.05, 0.1) is 11.8 Å². The molecule has 1 saturated carbocycles. The van der Waals surface area contributed by atoms with Crippen LogP contribution in [0.15, 0.2) is 0 Å². The van der Waals surface area contributed by atoms with Crippen molar-refractivity contribution in [1.29, 1.82) is 0 Å². The van der Waals surface area contributed by atoms with Crippen molar-refractivity contribution in [3.8, 4) is 0 Å². The summed E-state index contributed by atoms with van der Waals surface area (Å²) in [4.78, 5) is 31.9. The van der Waals surface area contributed by atoms with Crippen LogP contribution in [0.3, 0.4) is 0 Å². The molecule has 7 heteroatoms. The fraction of sp³-hybridized carbons (Fsp3) is 0.625.